The van der Waals surface area contributed by atoms with Gasteiger partial charge in [-0.2, -0.15) is 0 Å². The number of esters is 1. The van der Waals surface area contributed by atoms with E-state index in [1.807, 2.05) is 0 Å². The molecule has 7 nitrogen and oxygen atoms in total. The molecular formula is C13H10N2O5S. The molecule has 0 fully saturated rings. The lowest BCUT2D eigenvalue weighted by atomic mass is 10.2. The number of amides is 1. The van der Waals surface area contributed by atoms with Crippen molar-refractivity contribution in [3.05, 3.63) is 57.0 Å². The molecule has 0 aliphatic carbocycles. The van der Waals surface area contributed by atoms with Crippen LogP contribution in [-0.4, -0.2) is 23.9 Å². The second-order valence-electron chi connectivity index (χ2n) is 3.95. The van der Waals surface area contributed by atoms with E-state index in [-0.39, 0.29) is 10.6 Å². The van der Waals surface area contributed by atoms with Crippen molar-refractivity contribution >= 4 is 33.9 Å². The van der Waals surface area contributed by atoms with Gasteiger partial charge in [-0.3, -0.25) is 14.9 Å². The Morgan fingerprint density at radius 1 is 1.24 bits per heavy atom. The van der Waals surface area contributed by atoms with E-state index in [9.17, 15) is 19.7 Å². The first-order valence-corrected chi connectivity index (χ1v) is 6.62. The summed E-state index contributed by atoms with van der Waals surface area (Å²) < 4.78 is 4.56. The minimum absolute atomic E-state index is 0.0961. The standard InChI is InChI=1S/C13H10N2O5S/c1-20-13(17)8-2-4-10(5-3-8)14-12(16)9-6-11(15(18)19)21-7-9/h2-7H,1H3,(H,14,16). The molecule has 108 valence electrons. The van der Waals surface area contributed by atoms with Crippen LogP contribution in [0.4, 0.5) is 10.7 Å². The predicted molar refractivity (Wildman–Crippen MR) is 76.7 cm³/mol. The lowest BCUT2D eigenvalue weighted by molar-refractivity contribution is -0.380. The molecule has 0 radical (unpaired) electrons. The second kappa shape index (κ2) is 6.14. The Hall–Kier alpha value is -2.74. The number of carbonyl (C=O) groups is 2. The highest BCUT2D eigenvalue weighted by molar-refractivity contribution is 7.13. The molecule has 1 amide bonds. The molecule has 0 saturated heterocycles. The molecule has 0 saturated carbocycles. The van der Waals surface area contributed by atoms with E-state index in [1.54, 1.807) is 12.1 Å². The van der Waals surface area contributed by atoms with Crippen LogP contribution in [-0.2, 0) is 4.74 Å². The molecule has 1 aromatic carbocycles. The Bertz CT molecular complexity index is 693. The maximum Gasteiger partial charge on any atom is 0.337 e. The number of nitro groups is 1. The van der Waals surface area contributed by atoms with Crippen molar-refractivity contribution in [1.82, 2.24) is 0 Å². The quantitative estimate of drug-likeness (QED) is 0.532. The fourth-order valence-corrected chi connectivity index (χ4v) is 2.25. The van der Waals surface area contributed by atoms with E-state index in [4.69, 9.17) is 0 Å². The van der Waals surface area contributed by atoms with Gasteiger partial charge < -0.3 is 10.1 Å². The summed E-state index contributed by atoms with van der Waals surface area (Å²) >= 11 is 0.885. The molecule has 1 heterocycles. The predicted octanol–water partition coefficient (Wildman–Crippen LogP) is 2.70. The van der Waals surface area contributed by atoms with Crippen molar-refractivity contribution in [2.45, 2.75) is 0 Å². The molecule has 0 spiro atoms. The Labute approximate surface area is 123 Å². The monoisotopic (exact) mass is 306 g/mol. The highest BCUT2D eigenvalue weighted by atomic mass is 32.1. The van der Waals surface area contributed by atoms with Crippen LogP contribution in [0.2, 0.25) is 0 Å². The van der Waals surface area contributed by atoms with Gasteiger partial charge in [0.1, 0.15) is 0 Å². The topological polar surface area (TPSA) is 98.5 Å². The van der Waals surface area contributed by atoms with Crippen LogP contribution in [0.15, 0.2) is 35.7 Å². The summed E-state index contributed by atoms with van der Waals surface area (Å²) in [6.07, 6.45) is 0. The summed E-state index contributed by atoms with van der Waals surface area (Å²) in [5.41, 5.74) is 1.05. The summed E-state index contributed by atoms with van der Waals surface area (Å²) in [5.74, 6) is -0.925. The van der Waals surface area contributed by atoms with Gasteiger partial charge in [0, 0.05) is 17.1 Å². The molecule has 1 aromatic heterocycles. The van der Waals surface area contributed by atoms with Crippen molar-refractivity contribution in [2.75, 3.05) is 12.4 Å². The highest BCUT2D eigenvalue weighted by Crippen LogP contribution is 2.23. The zero-order chi connectivity index (χ0) is 15.4. The highest BCUT2D eigenvalue weighted by Gasteiger charge is 2.15. The zero-order valence-electron chi connectivity index (χ0n) is 10.9. The van der Waals surface area contributed by atoms with Crippen molar-refractivity contribution < 1.29 is 19.2 Å². The first kappa shape index (κ1) is 14.7. The lowest BCUT2D eigenvalue weighted by Crippen LogP contribution is -2.11. The van der Waals surface area contributed by atoms with Gasteiger partial charge in [0.15, 0.2) is 0 Å². The van der Waals surface area contributed by atoms with E-state index >= 15 is 0 Å². The minimum atomic E-state index is -0.549. The number of rotatable bonds is 4. The largest absolute Gasteiger partial charge is 0.465 e. The van der Waals surface area contributed by atoms with Gasteiger partial charge in [-0.05, 0) is 24.3 Å². The van der Waals surface area contributed by atoms with Gasteiger partial charge in [-0.1, -0.05) is 11.3 Å². The second-order valence-corrected chi connectivity index (χ2v) is 4.84. The van der Waals surface area contributed by atoms with Crippen molar-refractivity contribution in [3.63, 3.8) is 0 Å². The fraction of sp³-hybridized carbons (Fsp3) is 0.0769. The molecule has 0 unspecified atom stereocenters. The summed E-state index contributed by atoms with van der Waals surface area (Å²) in [6.45, 7) is 0. The van der Waals surface area contributed by atoms with Gasteiger partial charge in [0.25, 0.3) is 5.91 Å². The molecule has 2 rings (SSSR count). The van der Waals surface area contributed by atoms with Crippen LogP contribution in [0.1, 0.15) is 20.7 Å². The maximum atomic E-state index is 11.9. The third kappa shape index (κ3) is 3.42. The van der Waals surface area contributed by atoms with Crippen LogP contribution >= 0.6 is 11.3 Å². The van der Waals surface area contributed by atoms with Crippen LogP contribution in [0, 0.1) is 10.1 Å². The van der Waals surface area contributed by atoms with Crippen LogP contribution < -0.4 is 5.32 Å². The van der Waals surface area contributed by atoms with Gasteiger partial charge in [-0.15, -0.1) is 0 Å². The van der Waals surface area contributed by atoms with E-state index in [0.29, 0.717) is 11.3 Å². The van der Waals surface area contributed by atoms with Crippen LogP contribution in [0.25, 0.3) is 0 Å². The minimum Gasteiger partial charge on any atom is -0.465 e. The first-order chi connectivity index (χ1) is 10.0. The molecule has 0 aliphatic heterocycles. The number of nitrogens with zero attached hydrogens (tertiary/aromatic N) is 1. The number of anilines is 1. The van der Waals surface area contributed by atoms with Crippen molar-refractivity contribution in [3.8, 4) is 0 Å². The molecule has 0 aliphatic rings. The number of ether oxygens (including phenoxy) is 1. The van der Waals surface area contributed by atoms with Gasteiger partial charge in [-0.25, -0.2) is 4.79 Å². The lowest BCUT2D eigenvalue weighted by Gasteiger charge is -2.04. The van der Waals surface area contributed by atoms with Crippen LogP contribution in [0.3, 0.4) is 0 Å². The van der Waals surface area contributed by atoms with Gasteiger partial charge in [0.05, 0.1) is 23.2 Å². The number of hydrogen-bond donors (Lipinski definition) is 1. The molecule has 1 N–H and O–H groups in total. The smallest absolute Gasteiger partial charge is 0.337 e. The van der Waals surface area contributed by atoms with E-state index < -0.39 is 16.8 Å². The maximum absolute atomic E-state index is 11.9. The summed E-state index contributed by atoms with van der Waals surface area (Å²) in [4.78, 5) is 33.2. The molecular weight excluding hydrogens is 296 g/mol. The third-order valence-corrected chi connectivity index (χ3v) is 3.47. The Kier molecular flexibility index (Phi) is 4.29. The number of carbonyl (C=O) groups excluding carboxylic acids is 2. The first-order valence-electron chi connectivity index (χ1n) is 5.74. The number of methoxy groups -OCH3 is 1. The average Bonchev–Trinajstić information content (AvgIpc) is 2.97. The zero-order valence-corrected chi connectivity index (χ0v) is 11.7. The Morgan fingerprint density at radius 2 is 1.90 bits per heavy atom. The Morgan fingerprint density at radius 3 is 2.43 bits per heavy atom. The number of nitrogens with one attached hydrogen (secondary N) is 1. The summed E-state index contributed by atoms with van der Waals surface area (Å²) in [6, 6.07) is 7.33. The number of thiophene rings is 1. The molecule has 0 bridgehead atoms. The number of benzene rings is 1. The average molecular weight is 306 g/mol. The molecule has 8 heteroatoms. The molecule has 0 atom stereocenters. The third-order valence-electron chi connectivity index (χ3n) is 2.59. The number of hydrogen-bond acceptors (Lipinski definition) is 6. The van der Waals surface area contributed by atoms with Gasteiger partial charge in [0.2, 0.25) is 0 Å². The van der Waals surface area contributed by atoms with E-state index in [1.165, 1.54) is 30.7 Å². The van der Waals surface area contributed by atoms with E-state index in [0.717, 1.165) is 11.3 Å². The summed E-state index contributed by atoms with van der Waals surface area (Å²) in [7, 11) is 1.28. The SMILES string of the molecule is COC(=O)c1ccc(NC(=O)c2csc([N+](=O)[O-])c2)cc1. The van der Waals surface area contributed by atoms with Gasteiger partial charge >= 0.3 is 11.0 Å². The summed E-state index contributed by atoms with van der Waals surface area (Å²) in [5, 5.41) is 14.5. The fourth-order valence-electron chi connectivity index (χ4n) is 1.55. The molecule has 21 heavy (non-hydrogen) atoms. The van der Waals surface area contributed by atoms with Crippen molar-refractivity contribution in [2.24, 2.45) is 0 Å². The normalized spacial score (nSPS) is 9.95. The van der Waals surface area contributed by atoms with E-state index in [2.05, 4.69) is 10.1 Å². The molecule has 2 aromatic rings. The van der Waals surface area contributed by atoms with Crippen molar-refractivity contribution in [1.29, 1.82) is 0 Å². The van der Waals surface area contributed by atoms with Crippen LogP contribution in [0.5, 0.6) is 0 Å². The Balaban J connectivity index is 2.08.